The molecule has 100 valence electrons. The number of methoxy groups -OCH3 is 1. The minimum absolute atomic E-state index is 0.238. The topological polar surface area (TPSA) is 50.4 Å². The number of carbonyl (C=O) groups excluding carboxylic acids is 1. The van der Waals surface area contributed by atoms with E-state index < -0.39 is 0 Å². The first-order valence-electron chi connectivity index (χ1n) is 5.59. The quantitative estimate of drug-likeness (QED) is 0.888. The number of ether oxygens (including phenoxy) is 1. The molecular weight excluding hydrogens is 328 g/mol. The van der Waals surface area contributed by atoms with Gasteiger partial charge in [0.05, 0.1) is 13.7 Å². The molecule has 19 heavy (non-hydrogen) atoms. The van der Waals surface area contributed by atoms with Gasteiger partial charge in [0.1, 0.15) is 5.75 Å². The molecule has 0 fully saturated rings. The van der Waals surface area contributed by atoms with Gasteiger partial charge in [-0.15, -0.1) is 11.3 Å². The third kappa shape index (κ3) is 4.25. The summed E-state index contributed by atoms with van der Waals surface area (Å²) in [5.41, 5.74) is 0.698. The maximum Gasteiger partial charge on any atom is 0.319 e. The summed E-state index contributed by atoms with van der Waals surface area (Å²) in [5.74, 6) is 0.708. The largest absolute Gasteiger partial charge is 0.497 e. The van der Waals surface area contributed by atoms with Crippen molar-refractivity contribution in [3.05, 3.63) is 45.1 Å². The van der Waals surface area contributed by atoms with Crippen LogP contribution >= 0.6 is 27.3 Å². The third-order valence-electron chi connectivity index (χ3n) is 2.37. The van der Waals surface area contributed by atoms with Crippen LogP contribution in [0.1, 0.15) is 4.88 Å². The third-order valence-corrected chi connectivity index (χ3v) is 4.07. The van der Waals surface area contributed by atoms with Crippen LogP contribution in [0.4, 0.5) is 10.5 Å². The fourth-order valence-corrected chi connectivity index (χ4v) is 2.88. The van der Waals surface area contributed by atoms with Crippen LogP contribution < -0.4 is 15.4 Å². The molecule has 0 aliphatic rings. The number of anilines is 1. The SMILES string of the molecule is COc1cccc(NC(=O)NCc2cc(Br)cs2)c1. The number of benzene rings is 1. The number of rotatable bonds is 4. The molecule has 0 spiro atoms. The van der Waals surface area contributed by atoms with Crippen LogP contribution in [0.3, 0.4) is 0 Å². The highest BCUT2D eigenvalue weighted by atomic mass is 79.9. The predicted molar refractivity (Wildman–Crippen MR) is 80.9 cm³/mol. The van der Waals surface area contributed by atoms with E-state index in [1.807, 2.05) is 29.6 Å². The molecule has 1 aromatic heterocycles. The van der Waals surface area contributed by atoms with Gasteiger partial charge in [-0.25, -0.2) is 4.79 Å². The van der Waals surface area contributed by atoms with Crippen molar-refractivity contribution in [2.75, 3.05) is 12.4 Å². The zero-order valence-corrected chi connectivity index (χ0v) is 12.7. The highest BCUT2D eigenvalue weighted by Gasteiger charge is 2.04. The molecule has 0 aliphatic heterocycles. The number of halogens is 1. The molecule has 2 rings (SSSR count). The van der Waals surface area contributed by atoms with Crippen molar-refractivity contribution in [3.63, 3.8) is 0 Å². The van der Waals surface area contributed by atoms with E-state index in [0.717, 1.165) is 9.35 Å². The summed E-state index contributed by atoms with van der Waals surface area (Å²) < 4.78 is 6.12. The molecule has 0 bridgehead atoms. The maximum absolute atomic E-state index is 11.7. The molecule has 1 aromatic carbocycles. The Hall–Kier alpha value is -1.53. The molecule has 6 heteroatoms. The first kappa shape index (κ1) is 13.9. The number of hydrogen-bond acceptors (Lipinski definition) is 3. The number of urea groups is 1. The summed E-state index contributed by atoms with van der Waals surface area (Å²) >= 11 is 4.97. The van der Waals surface area contributed by atoms with E-state index in [-0.39, 0.29) is 6.03 Å². The summed E-state index contributed by atoms with van der Waals surface area (Å²) in [4.78, 5) is 12.8. The Kier molecular flexibility index (Phi) is 4.81. The minimum Gasteiger partial charge on any atom is -0.497 e. The van der Waals surface area contributed by atoms with Gasteiger partial charge in [0.2, 0.25) is 0 Å². The van der Waals surface area contributed by atoms with Gasteiger partial charge in [-0.3, -0.25) is 0 Å². The molecule has 4 nitrogen and oxygen atoms in total. The molecule has 0 unspecified atom stereocenters. The molecule has 0 atom stereocenters. The van der Waals surface area contributed by atoms with Crippen molar-refractivity contribution >= 4 is 39.0 Å². The molecule has 2 N–H and O–H groups in total. The summed E-state index contributed by atoms with van der Waals surface area (Å²) in [5, 5.41) is 7.54. The van der Waals surface area contributed by atoms with Crippen molar-refractivity contribution in [1.82, 2.24) is 5.32 Å². The number of hydrogen-bond donors (Lipinski definition) is 2. The maximum atomic E-state index is 11.7. The Morgan fingerprint density at radius 2 is 2.26 bits per heavy atom. The zero-order chi connectivity index (χ0) is 13.7. The van der Waals surface area contributed by atoms with Crippen LogP contribution in [0.15, 0.2) is 40.2 Å². The first-order chi connectivity index (χ1) is 9.17. The minimum atomic E-state index is -0.238. The second-order valence-electron chi connectivity index (χ2n) is 3.77. The number of thiophene rings is 1. The summed E-state index contributed by atoms with van der Waals surface area (Å²) in [6.45, 7) is 0.506. The van der Waals surface area contributed by atoms with E-state index >= 15 is 0 Å². The zero-order valence-electron chi connectivity index (χ0n) is 10.3. The van der Waals surface area contributed by atoms with E-state index in [0.29, 0.717) is 18.0 Å². The molecule has 0 saturated carbocycles. The first-order valence-corrected chi connectivity index (χ1v) is 7.26. The smallest absolute Gasteiger partial charge is 0.319 e. The van der Waals surface area contributed by atoms with Gasteiger partial charge < -0.3 is 15.4 Å². The molecule has 0 saturated heterocycles. The standard InChI is InChI=1S/C13H13BrN2O2S/c1-18-11-4-2-3-10(6-11)16-13(17)15-7-12-5-9(14)8-19-12/h2-6,8H,7H2,1H3,(H2,15,16,17). The van der Waals surface area contributed by atoms with Crippen molar-refractivity contribution in [2.45, 2.75) is 6.54 Å². The van der Waals surface area contributed by atoms with Crippen LogP contribution in [0.5, 0.6) is 5.75 Å². The Morgan fingerprint density at radius 3 is 2.95 bits per heavy atom. The van der Waals surface area contributed by atoms with Crippen molar-refractivity contribution < 1.29 is 9.53 Å². The van der Waals surface area contributed by atoms with Crippen molar-refractivity contribution in [3.8, 4) is 5.75 Å². The molecule has 2 aromatic rings. The molecule has 1 heterocycles. The van der Waals surface area contributed by atoms with Gasteiger partial charge in [-0.05, 0) is 34.1 Å². The lowest BCUT2D eigenvalue weighted by atomic mass is 10.3. The molecule has 0 aliphatic carbocycles. The van der Waals surface area contributed by atoms with Gasteiger partial charge in [0, 0.05) is 26.5 Å². The van der Waals surface area contributed by atoms with Crippen LogP contribution in [0.2, 0.25) is 0 Å². The average Bonchev–Trinajstić information content (AvgIpc) is 2.82. The lowest BCUT2D eigenvalue weighted by molar-refractivity contribution is 0.252. The predicted octanol–water partition coefficient (Wildman–Crippen LogP) is 3.84. The van der Waals surface area contributed by atoms with Crippen molar-refractivity contribution in [2.24, 2.45) is 0 Å². The van der Waals surface area contributed by atoms with E-state index in [9.17, 15) is 4.79 Å². The molecule has 0 radical (unpaired) electrons. The molecule has 2 amide bonds. The fourth-order valence-electron chi connectivity index (χ4n) is 1.49. The Bertz CT molecular complexity index is 571. The van der Waals surface area contributed by atoms with E-state index in [2.05, 4.69) is 26.6 Å². The number of carbonyl (C=O) groups is 1. The van der Waals surface area contributed by atoms with Gasteiger partial charge in [-0.2, -0.15) is 0 Å². The molecular formula is C13H13BrN2O2S. The van der Waals surface area contributed by atoms with Gasteiger partial charge in [-0.1, -0.05) is 6.07 Å². The highest BCUT2D eigenvalue weighted by Crippen LogP contribution is 2.19. The lowest BCUT2D eigenvalue weighted by Gasteiger charge is -2.07. The fraction of sp³-hybridized carbons (Fsp3) is 0.154. The van der Waals surface area contributed by atoms with Crippen LogP contribution in [0.25, 0.3) is 0 Å². The summed E-state index contributed by atoms with van der Waals surface area (Å²) in [6, 6.07) is 8.97. The van der Waals surface area contributed by atoms with E-state index in [4.69, 9.17) is 4.74 Å². The second kappa shape index (κ2) is 6.58. The second-order valence-corrected chi connectivity index (χ2v) is 5.68. The number of nitrogens with one attached hydrogen (secondary N) is 2. The van der Waals surface area contributed by atoms with E-state index in [1.54, 1.807) is 24.5 Å². The van der Waals surface area contributed by atoms with Gasteiger partial charge >= 0.3 is 6.03 Å². The van der Waals surface area contributed by atoms with Crippen LogP contribution in [-0.4, -0.2) is 13.1 Å². The Morgan fingerprint density at radius 1 is 1.42 bits per heavy atom. The van der Waals surface area contributed by atoms with Crippen LogP contribution in [-0.2, 0) is 6.54 Å². The summed E-state index contributed by atoms with van der Waals surface area (Å²) in [6.07, 6.45) is 0. The van der Waals surface area contributed by atoms with Gasteiger partial charge in [0.25, 0.3) is 0 Å². The number of amides is 2. The van der Waals surface area contributed by atoms with Gasteiger partial charge in [0.15, 0.2) is 0 Å². The Balaban J connectivity index is 1.86. The average molecular weight is 341 g/mol. The monoisotopic (exact) mass is 340 g/mol. The highest BCUT2D eigenvalue weighted by molar-refractivity contribution is 9.10. The Labute approximate surface area is 123 Å². The van der Waals surface area contributed by atoms with Crippen LogP contribution in [0, 0.1) is 0 Å². The van der Waals surface area contributed by atoms with E-state index in [1.165, 1.54) is 0 Å². The summed E-state index contributed by atoms with van der Waals surface area (Å²) in [7, 11) is 1.59. The lowest BCUT2D eigenvalue weighted by Crippen LogP contribution is -2.27. The normalized spacial score (nSPS) is 10.0. The van der Waals surface area contributed by atoms with Crippen molar-refractivity contribution in [1.29, 1.82) is 0 Å².